The molecule has 68 valence electrons. The first-order valence-electron chi connectivity index (χ1n) is 3.93. The Labute approximate surface area is 90.1 Å². The van der Waals surface area contributed by atoms with E-state index in [1.165, 1.54) is 10.5 Å². The van der Waals surface area contributed by atoms with Gasteiger partial charge in [0, 0.05) is 10.6 Å². The summed E-state index contributed by atoms with van der Waals surface area (Å²) in [5.74, 6) is 0.930. The lowest BCUT2D eigenvalue weighted by atomic mass is 10.2. The molecule has 0 bridgehead atoms. The van der Waals surface area contributed by atoms with Crippen LogP contribution in [0.4, 0.5) is 0 Å². The third-order valence-electron chi connectivity index (χ3n) is 1.93. The summed E-state index contributed by atoms with van der Waals surface area (Å²) in [4.78, 5) is 1.25. The molecule has 0 nitrogen and oxygen atoms in total. The van der Waals surface area contributed by atoms with E-state index in [2.05, 4.69) is 24.3 Å². The van der Waals surface area contributed by atoms with E-state index in [9.17, 15) is 0 Å². The maximum Gasteiger partial charge on any atom is 0.135 e. The summed E-state index contributed by atoms with van der Waals surface area (Å²) in [6, 6.07) is 8.22. The Kier molecular flexibility index (Phi) is 2.77. The molecule has 3 heteroatoms. The Morgan fingerprint density at radius 2 is 2.00 bits per heavy atom. The minimum absolute atomic E-state index is 0.111. The maximum atomic E-state index is 5.84. The second-order valence-electron chi connectivity index (χ2n) is 2.72. The van der Waals surface area contributed by atoms with Crippen molar-refractivity contribution in [2.24, 2.45) is 0 Å². The van der Waals surface area contributed by atoms with Crippen LogP contribution in [0.1, 0.15) is 5.56 Å². The molecule has 0 radical (unpaired) electrons. The minimum atomic E-state index is -0.111. The van der Waals surface area contributed by atoms with Crippen LogP contribution in [-0.4, -0.2) is 9.54 Å². The number of hydrogen-bond acceptors (Lipinski definition) is 0. The van der Waals surface area contributed by atoms with Gasteiger partial charge in [-0.3, -0.25) is 0 Å². The molecule has 1 heterocycles. The van der Waals surface area contributed by atoms with Crippen molar-refractivity contribution in [3.63, 3.8) is 0 Å². The van der Waals surface area contributed by atoms with Gasteiger partial charge in [0.15, 0.2) is 0 Å². The molecule has 1 aliphatic heterocycles. The molecule has 0 saturated carbocycles. The van der Waals surface area contributed by atoms with E-state index in [0.717, 1.165) is 5.75 Å². The van der Waals surface area contributed by atoms with Crippen LogP contribution in [0.25, 0.3) is 6.08 Å². The van der Waals surface area contributed by atoms with Crippen LogP contribution in [0, 0.1) is 0 Å². The second kappa shape index (κ2) is 3.87. The molecule has 0 amide bonds. The summed E-state index contributed by atoms with van der Waals surface area (Å²) in [6.45, 7) is 0. The standard InChI is InChI=1S/C10H8Cl2S/c11-10(12)13-7-3-5-8-4-1-2-6-9(8)13/h1-6H,7H2. The van der Waals surface area contributed by atoms with Crippen molar-refractivity contribution < 1.29 is 0 Å². The Morgan fingerprint density at radius 1 is 1.23 bits per heavy atom. The van der Waals surface area contributed by atoms with Gasteiger partial charge in [0.25, 0.3) is 0 Å². The lowest BCUT2D eigenvalue weighted by Crippen LogP contribution is -1.92. The van der Waals surface area contributed by atoms with Gasteiger partial charge in [-0.2, -0.15) is 0 Å². The first-order valence-corrected chi connectivity index (χ1v) is 6.08. The zero-order chi connectivity index (χ0) is 9.26. The van der Waals surface area contributed by atoms with E-state index in [1.54, 1.807) is 0 Å². The van der Waals surface area contributed by atoms with Crippen molar-refractivity contribution in [2.45, 2.75) is 4.90 Å². The largest absolute Gasteiger partial charge is 0.135 e. The highest BCUT2D eigenvalue weighted by Gasteiger charge is 2.09. The molecule has 1 atom stereocenters. The predicted molar refractivity (Wildman–Crippen MR) is 62.9 cm³/mol. The van der Waals surface area contributed by atoms with E-state index >= 15 is 0 Å². The average molecular weight is 231 g/mol. The Balaban J connectivity index is 2.63. The summed E-state index contributed by atoms with van der Waals surface area (Å²) in [5, 5.41) is 0. The van der Waals surface area contributed by atoms with Gasteiger partial charge < -0.3 is 0 Å². The summed E-state index contributed by atoms with van der Waals surface area (Å²) >= 11 is 11.7. The summed E-state index contributed by atoms with van der Waals surface area (Å²) in [6.07, 6.45) is 4.24. The summed E-state index contributed by atoms with van der Waals surface area (Å²) in [5.41, 5.74) is 1.23. The first-order chi connectivity index (χ1) is 6.29. The first kappa shape index (κ1) is 9.32. The monoisotopic (exact) mass is 230 g/mol. The minimum Gasteiger partial charge on any atom is -0.120 e. The van der Waals surface area contributed by atoms with Crippen LogP contribution in [0.3, 0.4) is 0 Å². The summed E-state index contributed by atoms with van der Waals surface area (Å²) in [7, 11) is -0.111. The number of halogens is 2. The third-order valence-corrected chi connectivity index (χ3v) is 4.85. The highest BCUT2D eigenvalue weighted by Crippen LogP contribution is 2.37. The zero-order valence-corrected chi connectivity index (χ0v) is 9.16. The summed E-state index contributed by atoms with van der Waals surface area (Å²) < 4.78 is 0.483. The Hall–Kier alpha value is -0.240. The molecular formula is C10H8Cl2S. The fourth-order valence-corrected chi connectivity index (χ4v) is 3.65. The second-order valence-corrected chi connectivity index (χ2v) is 6.08. The molecular weight excluding hydrogens is 223 g/mol. The topological polar surface area (TPSA) is 0 Å². The molecule has 0 saturated heterocycles. The van der Waals surface area contributed by atoms with Crippen molar-refractivity contribution in [3.8, 4) is 0 Å². The fourth-order valence-electron chi connectivity index (χ4n) is 1.35. The SMILES string of the molecule is ClC(Cl)=S1CC=Cc2ccccc21. The van der Waals surface area contributed by atoms with Crippen molar-refractivity contribution in [1.29, 1.82) is 0 Å². The van der Waals surface area contributed by atoms with Gasteiger partial charge >= 0.3 is 0 Å². The van der Waals surface area contributed by atoms with Gasteiger partial charge in [-0.15, -0.1) is 10.5 Å². The van der Waals surface area contributed by atoms with Gasteiger partial charge in [0.1, 0.15) is 3.78 Å². The average Bonchev–Trinajstić information content (AvgIpc) is 2.17. The number of rotatable bonds is 0. The lowest BCUT2D eigenvalue weighted by molar-refractivity contribution is 1.40. The van der Waals surface area contributed by atoms with Gasteiger partial charge in [0.05, 0.1) is 0 Å². The predicted octanol–water partition coefficient (Wildman–Crippen LogP) is 3.91. The lowest BCUT2D eigenvalue weighted by Gasteiger charge is -2.14. The third kappa shape index (κ3) is 1.83. The highest BCUT2D eigenvalue weighted by atomic mass is 35.5. The van der Waals surface area contributed by atoms with Gasteiger partial charge in [-0.05, 0) is 11.6 Å². The fraction of sp³-hybridized carbons (Fsp3) is 0.100. The molecule has 0 fully saturated rings. The highest BCUT2D eigenvalue weighted by molar-refractivity contribution is 8.19. The van der Waals surface area contributed by atoms with Crippen molar-refractivity contribution in [3.05, 3.63) is 35.9 Å². The van der Waals surface area contributed by atoms with E-state index in [0.29, 0.717) is 3.78 Å². The van der Waals surface area contributed by atoms with E-state index in [-0.39, 0.29) is 10.5 Å². The Bertz CT molecular complexity index is 390. The van der Waals surface area contributed by atoms with Crippen LogP contribution >= 0.6 is 33.7 Å². The zero-order valence-electron chi connectivity index (χ0n) is 6.84. The number of hydrogen-bond donors (Lipinski definition) is 0. The quantitative estimate of drug-likeness (QED) is 0.469. The number of benzene rings is 1. The van der Waals surface area contributed by atoms with E-state index < -0.39 is 0 Å². The van der Waals surface area contributed by atoms with Crippen LogP contribution in [0.2, 0.25) is 0 Å². The molecule has 1 aliphatic rings. The smallest absolute Gasteiger partial charge is 0.120 e. The van der Waals surface area contributed by atoms with E-state index in [1.807, 2.05) is 12.1 Å². The van der Waals surface area contributed by atoms with Gasteiger partial charge in [-0.1, -0.05) is 53.6 Å². The van der Waals surface area contributed by atoms with Crippen LogP contribution in [0.15, 0.2) is 35.2 Å². The van der Waals surface area contributed by atoms with Gasteiger partial charge in [-0.25, -0.2) is 0 Å². The molecule has 13 heavy (non-hydrogen) atoms. The number of fused-ring (bicyclic) bond motifs is 1. The van der Waals surface area contributed by atoms with Gasteiger partial charge in [0.2, 0.25) is 0 Å². The van der Waals surface area contributed by atoms with Crippen LogP contribution in [-0.2, 0) is 0 Å². The molecule has 1 aromatic carbocycles. The normalized spacial score (nSPS) is 19.7. The maximum absolute atomic E-state index is 5.84. The molecule has 1 aromatic rings. The van der Waals surface area contributed by atoms with Crippen molar-refractivity contribution in [1.82, 2.24) is 0 Å². The molecule has 0 spiro atoms. The molecule has 0 N–H and O–H groups in total. The molecule has 1 unspecified atom stereocenters. The van der Waals surface area contributed by atoms with Crippen LogP contribution < -0.4 is 0 Å². The molecule has 0 aliphatic carbocycles. The van der Waals surface area contributed by atoms with E-state index in [4.69, 9.17) is 23.2 Å². The molecule has 2 rings (SSSR count). The van der Waals surface area contributed by atoms with Crippen molar-refractivity contribution >= 4 is 43.5 Å². The Morgan fingerprint density at radius 3 is 2.77 bits per heavy atom. The van der Waals surface area contributed by atoms with Crippen molar-refractivity contribution in [2.75, 3.05) is 5.75 Å². The van der Waals surface area contributed by atoms with Crippen LogP contribution in [0.5, 0.6) is 0 Å². The molecule has 0 aromatic heterocycles.